The van der Waals surface area contributed by atoms with Crippen molar-refractivity contribution in [3.8, 4) is 0 Å². The highest BCUT2D eigenvalue weighted by molar-refractivity contribution is 9.10. The van der Waals surface area contributed by atoms with E-state index in [1.165, 1.54) is 6.42 Å². The summed E-state index contributed by atoms with van der Waals surface area (Å²) in [7, 11) is 0. The van der Waals surface area contributed by atoms with Crippen LogP contribution in [0.25, 0.3) is 0 Å². The van der Waals surface area contributed by atoms with Crippen molar-refractivity contribution in [3.63, 3.8) is 0 Å². The topological polar surface area (TPSA) is 106 Å². The van der Waals surface area contributed by atoms with Crippen molar-refractivity contribution in [2.75, 3.05) is 26.2 Å². The third kappa shape index (κ3) is 14.0. The Kier molecular flexibility index (Phi) is 14.5. The summed E-state index contributed by atoms with van der Waals surface area (Å²) in [6, 6.07) is 0.349. The summed E-state index contributed by atoms with van der Waals surface area (Å²) in [6.45, 7) is 20.8. The van der Waals surface area contributed by atoms with Crippen LogP contribution in [0.1, 0.15) is 104 Å². The lowest BCUT2D eigenvalue weighted by Crippen LogP contribution is -2.37. The predicted octanol–water partition coefficient (Wildman–Crippen LogP) is 8.44. The summed E-state index contributed by atoms with van der Waals surface area (Å²) in [5.41, 5.74) is 1.25. The number of carbonyl (C=O) groups is 2. The monoisotopic (exact) mass is 730 g/mol. The normalized spacial score (nSPS) is 19.6. The van der Waals surface area contributed by atoms with Gasteiger partial charge in [0.1, 0.15) is 11.2 Å². The SMILES string of the molecule is CC1CCCN(C(=O)OC(C)(C)C)CC1.Cc1[nH]ncc1Br.Cc1nn(C2CCCN(C(=O)OC(C)(C)C)CC2)cc1Br. The number of ether oxygens (including phenoxy) is 2. The molecule has 4 heterocycles. The summed E-state index contributed by atoms with van der Waals surface area (Å²) in [4.78, 5) is 27.6. The van der Waals surface area contributed by atoms with Gasteiger partial charge in [-0.3, -0.25) is 9.78 Å². The molecule has 0 bridgehead atoms. The Labute approximate surface area is 274 Å². The number of nitrogens with one attached hydrogen (secondary N) is 1. The number of aryl methyl sites for hydroxylation is 2. The third-order valence-corrected chi connectivity index (χ3v) is 8.60. The number of rotatable bonds is 1. The average molecular weight is 733 g/mol. The molecule has 244 valence electrons. The maximum atomic E-state index is 12.1. The molecule has 2 amide bonds. The number of carbonyl (C=O) groups excluding carboxylic acids is 2. The van der Waals surface area contributed by atoms with E-state index < -0.39 is 5.60 Å². The molecule has 0 saturated carbocycles. The minimum atomic E-state index is -0.438. The molecule has 4 rings (SSSR count). The van der Waals surface area contributed by atoms with E-state index in [2.05, 4.69) is 54.1 Å². The van der Waals surface area contributed by atoms with Crippen LogP contribution in [0.15, 0.2) is 21.3 Å². The van der Waals surface area contributed by atoms with E-state index in [9.17, 15) is 9.59 Å². The van der Waals surface area contributed by atoms with Crippen molar-refractivity contribution in [1.82, 2.24) is 29.8 Å². The highest BCUT2D eigenvalue weighted by atomic mass is 79.9. The quantitative estimate of drug-likeness (QED) is 0.316. The molecule has 2 saturated heterocycles. The van der Waals surface area contributed by atoms with E-state index in [1.807, 2.05) is 76.1 Å². The molecule has 2 fully saturated rings. The zero-order valence-electron chi connectivity index (χ0n) is 27.5. The Bertz CT molecular complexity index is 1120. The van der Waals surface area contributed by atoms with E-state index in [-0.39, 0.29) is 17.8 Å². The van der Waals surface area contributed by atoms with Crippen LogP contribution in [0.5, 0.6) is 0 Å². The third-order valence-electron chi connectivity index (χ3n) is 7.02. The highest BCUT2D eigenvalue weighted by Crippen LogP contribution is 2.26. The van der Waals surface area contributed by atoms with Crippen LogP contribution in [0.3, 0.4) is 0 Å². The molecular weight excluding hydrogens is 680 g/mol. The average Bonchev–Trinajstić information content (AvgIpc) is 3.21. The van der Waals surface area contributed by atoms with E-state index >= 15 is 0 Å². The number of halogens is 2. The molecule has 0 radical (unpaired) electrons. The number of H-pyrrole nitrogens is 1. The van der Waals surface area contributed by atoms with E-state index in [1.54, 1.807) is 6.20 Å². The molecule has 43 heavy (non-hydrogen) atoms. The van der Waals surface area contributed by atoms with E-state index in [0.717, 1.165) is 84.5 Å². The Hall–Kier alpha value is -2.08. The Morgan fingerprint density at radius 1 is 0.837 bits per heavy atom. The van der Waals surface area contributed by atoms with Gasteiger partial charge in [-0.25, -0.2) is 9.59 Å². The number of likely N-dealkylation sites (tertiary alicyclic amines) is 2. The van der Waals surface area contributed by atoms with Crippen LogP contribution in [-0.4, -0.2) is 79.3 Å². The molecule has 2 atom stereocenters. The molecular formula is C31H52Br2N6O4. The summed E-state index contributed by atoms with van der Waals surface area (Å²) in [5, 5.41) is 11.1. The predicted molar refractivity (Wildman–Crippen MR) is 177 cm³/mol. The van der Waals surface area contributed by atoms with Gasteiger partial charge in [-0.2, -0.15) is 10.2 Å². The van der Waals surface area contributed by atoms with Crippen molar-refractivity contribution in [3.05, 3.63) is 32.7 Å². The fraction of sp³-hybridized carbons (Fsp3) is 0.742. The summed E-state index contributed by atoms with van der Waals surface area (Å²) >= 11 is 6.77. The lowest BCUT2D eigenvalue weighted by Gasteiger charge is -2.26. The minimum Gasteiger partial charge on any atom is -0.444 e. The minimum absolute atomic E-state index is 0.156. The van der Waals surface area contributed by atoms with Crippen molar-refractivity contribution in [1.29, 1.82) is 0 Å². The van der Waals surface area contributed by atoms with Gasteiger partial charge in [-0.05, 0) is 132 Å². The maximum absolute atomic E-state index is 12.1. The molecule has 2 aromatic rings. The van der Waals surface area contributed by atoms with Crippen molar-refractivity contribution in [2.45, 2.75) is 118 Å². The van der Waals surface area contributed by atoms with Gasteiger partial charge in [0.05, 0.1) is 26.9 Å². The lowest BCUT2D eigenvalue weighted by atomic mass is 10.0. The summed E-state index contributed by atoms with van der Waals surface area (Å²) in [6.07, 6.45) is 9.73. The lowest BCUT2D eigenvalue weighted by molar-refractivity contribution is 0.0244. The second-order valence-electron chi connectivity index (χ2n) is 13.4. The number of amides is 2. The Morgan fingerprint density at radius 3 is 1.79 bits per heavy atom. The number of nitrogens with zero attached hydrogens (tertiary/aromatic N) is 5. The second kappa shape index (κ2) is 16.8. The first-order valence-electron chi connectivity index (χ1n) is 15.3. The van der Waals surface area contributed by atoms with Crippen LogP contribution in [0, 0.1) is 19.8 Å². The first-order valence-corrected chi connectivity index (χ1v) is 16.9. The van der Waals surface area contributed by atoms with Crippen molar-refractivity contribution >= 4 is 44.0 Å². The van der Waals surface area contributed by atoms with Crippen LogP contribution in [0.4, 0.5) is 9.59 Å². The first kappa shape index (κ1) is 37.1. The number of aromatic amines is 1. The number of hydrogen-bond donors (Lipinski definition) is 1. The van der Waals surface area contributed by atoms with E-state index in [0.29, 0.717) is 6.04 Å². The van der Waals surface area contributed by atoms with Gasteiger partial charge in [-0.1, -0.05) is 6.92 Å². The van der Waals surface area contributed by atoms with Crippen molar-refractivity contribution < 1.29 is 19.1 Å². The zero-order chi connectivity index (χ0) is 32.4. The molecule has 2 aromatic heterocycles. The first-order chi connectivity index (χ1) is 19.9. The molecule has 10 nitrogen and oxygen atoms in total. The summed E-state index contributed by atoms with van der Waals surface area (Å²) in [5.74, 6) is 0.734. The maximum Gasteiger partial charge on any atom is 0.410 e. The van der Waals surface area contributed by atoms with Crippen LogP contribution >= 0.6 is 31.9 Å². The largest absolute Gasteiger partial charge is 0.444 e. The van der Waals surface area contributed by atoms with Gasteiger partial charge in [0.15, 0.2) is 0 Å². The molecule has 2 aliphatic rings. The fourth-order valence-electron chi connectivity index (χ4n) is 4.61. The van der Waals surface area contributed by atoms with Gasteiger partial charge < -0.3 is 19.3 Å². The second-order valence-corrected chi connectivity index (χ2v) is 15.1. The van der Waals surface area contributed by atoms with Gasteiger partial charge in [-0.15, -0.1) is 0 Å². The number of hydrogen-bond acceptors (Lipinski definition) is 6. The fourth-order valence-corrected chi connectivity index (χ4v) is 5.09. The smallest absolute Gasteiger partial charge is 0.410 e. The van der Waals surface area contributed by atoms with Crippen LogP contribution in [0.2, 0.25) is 0 Å². The molecule has 0 spiro atoms. The molecule has 0 aliphatic carbocycles. The van der Waals surface area contributed by atoms with E-state index in [4.69, 9.17) is 9.47 Å². The highest BCUT2D eigenvalue weighted by Gasteiger charge is 2.26. The van der Waals surface area contributed by atoms with Gasteiger partial charge in [0.25, 0.3) is 0 Å². The molecule has 2 aliphatic heterocycles. The van der Waals surface area contributed by atoms with Gasteiger partial charge in [0, 0.05) is 38.1 Å². The Morgan fingerprint density at radius 2 is 1.37 bits per heavy atom. The van der Waals surface area contributed by atoms with Crippen LogP contribution < -0.4 is 0 Å². The van der Waals surface area contributed by atoms with Crippen LogP contribution in [-0.2, 0) is 9.47 Å². The summed E-state index contributed by atoms with van der Waals surface area (Å²) < 4.78 is 14.9. The van der Waals surface area contributed by atoms with Gasteiger partial charge in [0.2, 0.25) is 0 Å². The Balaban J connectivity index is 0.000000254. The molecule has 0 aromatic carbocycles. The van der Waals surface area contributed by atoms with Crippen molar-refractivity contribution in [2.24, 2.45) is 5.92 Å². The number of aromatic nitrogens is 4. The molecule has 2 unspecified atom stereocenters. The molecule has 1 N–H and O–H groups in total. The standard InChI is InChI=1S/C15H24BrN3O2.C12H23NO2.C4H5BrN2/c1-11-13(16)10-19(17-11)12-6-5-8-18(9-7-12)14(20)21-15(2,3)4;1-10-6-5-8-13(9-7-10)11(14)15-12(2,3)4;1-3-4(5)2-6-7-3/h10,12H,5-9H2,1-4H3;10H,5-9H2,1-4H3;2H,1H3,(H,6,7). The molecule has 12 heteroatoms. The van der Waals surface area contributed by atoms with Gasteiger partial charge >= 0.3 is 12.2 Å². The zero-order valence-corrected chi connectivity index (χ0v) is 30.7.